The lowest BCUT2D eigenvalue weighted by atomic mass is 9.92. The molecule has 0 saturated carbocycles. The van der Waals surface area contributed by atoms with Crippen molar-refractivity contribution in [1.82, 2.24) is 0 Å². The number of methoxy groups -OCH3 is 1. The summed E-state index contributed by atoms with van der Waals surface area (Å²) in [6, 6.07) is 2.00. The molecule has 84 valence electrons. The molecule has 0 aliphatic heterocycles. The zero-order valence-corrected chi connectivity index (χ0v) is 11.2. The SMILES string of the molecule is COc1cc(C)c(C(C)CO)c(C)c1Br. The number of hydrogen-bond acceptors (Lipinski definition) is 2. The Labute approximate surface area is 99.4 Å². The first-order chi connectivity index (χ1) is 7.02. The van der Waals surface area contributed by atoms with Crippen LogP contribution < -0.4 is 4.74 Å². The summed E-state index contributed by atoms with van der Waals surface area (Å²) in [6.07, 6.45) is 0. The molecule has 1 N–H and O–H groups in total. The van der Waals surface area contributed by atoms with E-state index in [0.29, 0.717) is 0 Å². The average Bonchev–Trinajstić information content (AvgIpc) is 2.23. The maximum Gasteiger partial charge on any atom is 0.133 e. The molecule has 1 aromatic carbocycles. The van der Waals surface area contributed by atoms with E-state index in [4.69, 9.17) is 4.74 Å². The van der Waals surface area contributed by atoms with Gasteiger partial charge in [0.1, 0.15) is 5.75 Å². The Morgan fingerprint density at radius 3 is 2.53 bits per heavy atom. The molecule has 0 spiro atoms. The first-order valence-corrected chi connectivity index (χ1v) is 5.76. The highest BCUT2D eigenvalue weighted by Gasteiger charge is 2.15. The minimum atomic E-state index is 0.159. The first kappa shape index (κ1) is 12.5. The van der Waals surface area contributed by atoms with Crippen LogP contribution in [0.15, 0.2) is 10.5 Å². The van der Waals surface area contributed by atoms with E-state index in [1.807, 2.05) is 26.8 Å². The molecule has 0 aliphatic carbocycles. The zero-order chi connectivity index (χ0) is 11.6. The Morgan fingerprint density at radius 2 is 2.07 bits per heavy atom. The third-order valence-electron chi connectivity index (χ3n) is 2.71. The second-order valence-corrected chi connectivity index (χ2v) is 4.63. The van der Waals surface area contributed by atoms with E-state index >= 15 is 0 Å². The van der Waals surface area contributed by atoms with Crippen molar-refractivity contribution in [2.24, 2.45) is 0 Å². The average molecular weight is 273 g/mol. The Kier molecular flexibility index (Phi) is 4.17. The van der Waals surface area contributed by atoms with Crippen LogP contribution in [-0.2, 0) is 0 Å². The fourth-order valence-electron chi connectivity index (χ4n) is 1.93. The Bertz CT molecular complexity index is 361. The molecule has 0 radical (unpaired) electrons. The van der Waals surface area contributed by atoms with Gasteiger partial charge in [0.25, 0.3) is 0 Å². The number of aliphatic hydroxyl groups excluding tert-OH is 1. The number of aryl methyl sites for hydroxylation is 1. The molecule has 0 saturated heterocycles. The number of aliphatic hydroxyl groups is 1. The molecular formula is C12H17BrO2. The van der Waals surface area contributed by atoms with Crippen molar-refractivity contribution in [3.63, 3.8) is 0 Å². The van der Waals surface area contributed by atoms with Crippen molar-refractivity contribution >= 4 is 15.9 Å². The van der Waals surface area contributed by atoms with Gasteiger partial charge in [0.05, 0.1) is 11.6 Å². The highest BCUT2D eigenvalue weighted by atomic mass is 79.9. The second kappa shape index (κ2) is 4.99. The highest BCUT2D eigenvalue weighted by Crippen LogP contribution is 2.36. The number of ether oxygens (including phenoxy) is 1. The molecule has 0 heterocycles. The molecule has 0 bridgehead atoms. The van der Waals surface area contributed by atoms with Gasteiger partial charge in [0.15, 0.2) is 0 Å². The molecule has 1 unspecified atom stereocenters. The topological polar surface area (TPSA) is 29.5 Å². The van der Waals surface area contributed by atoms with Crippen LogP contribution in [0.5, 0.6) is 5.75 Å². The largest absolute Gasteiger partial charge is 0.496 e. The molecule has 0 aromatic heterocycles. The summed E-state index contributed by atoms with van der Waals surface area (Å²) in [7, 11) is 1.66. The molecular weight excluding hydrogens is 256 g/mol. The fourth-order valence-corrected chi connectivity index (χ4v) is 2.42. The van der Waals surface area contributed by atoms with Gasteiger partial charge >= 0.3 is 0 Å². The Hall–Kier alpha value is -0.540. The van der Waals surface area contributed by atoms with Crippen LogP contribution in [-0.4, -0.2) is 18.8 Å². The van der Waals surface area contributed by atoms with Crippen molar-refractivity contribution in [3.8, 4) is 5.75 Å². The lowest BCUT2D eigenvalue weighted by molar-refractivity contribution is 0.272. The number of hydrogen-bond donors (Lipinski definition) is 1. The van der Waals surface area contributed by atoms with E-state index < -0.39 is 0 Å². The summed E-state index contributed by atoms with van der Waals surface area (Å²) in [5, 5.41) is 9.21. The maximum absolute atomic E-state index is 9.21. The molecule has 1 atom stereocenters. The van der Waals surface area contributed by atoms with E-state index in [2.05, 4.69) is 15.9 Å². The second-order valence-electron chi connectivity index (χ2n) is 3.83. The summed E-state index contributed by atoms with van der Waals surface area (Å²) in [5.74, 6) is 1.01. The van der Waals surface area contributed by atoms with Crippen LogP contribution in [0.25, 0.3) is 0 Å². The fraction of sp³-hybridized carbons (Fsp3) is 0.500. The van der Waals surface area contributed by atoms with E-state index in [1.165, 1.54) is 5.56 Å². The van der Waals surface area contributed by atoms with Crippen molar-refractivity contribution in [3.05, 3.63) is 27.2 Å². The Morgan fingerprint density at radius 1 is 1.47 bits per heavy atom. The number of rotatable bonds is 3. The van der Waals surface area contributed by atoms with Crippen LogP contribution in [0.1, 0.15) is 29.5 Å². The maximum atomic E-state index is 9.21. The lowest BCUT2D eigenvalue weighted by Crippen LogP contribution is -2.05. The summed E-state index contributed by atoms with van der Waals surface area (Å²) < 4.78 is 6.24. The summed E-state index contributed by atoms with van der Waals surface area (Å²) in [5.41, 5.74) is 3.51. The van der Waals surface area contributed by atoms with Crippen molar-refractivity contribution < 1.29 is 9.84 Å². The normalized spacial score (nSPS) is 12.7. The molecule has 2 nitrogen and oxygen atoms in total. The van der Waals surface area contributed by atoms with Crippen molar-refractivity contribution in [1.29, 1.82) is 0 Å². The third kappa shape index (κ3) is 2.34. The third-order valence-corrected chi connectivity index (χ3v) is 3.69. The summed E-state index contributed by atoms with van der Waals surface area (Å²) in [4.78, 5) is 0. The van der Waals surface area contributed by atoms with Crippen LogP contribution in [0.2, 0.25) is 0 Å². The van der Waals surface area contributed by atoms with E-state index in [9.17, 15) is 5.11 Å². The van der Waals surface area contributed by atoms with Gasteiger partial charge in [-0.05, 0) is 52.5 Å². The monoisotopic (exact) mass is 272 g/mol. The van der Waals surface area contributed by atoms with Crippen molar-refractivity contribution in [2.75, 3.05) is 13.7 Å². The highest BCUT2D eigenvalue weighted by molar-refractivity contribution is 9.10. The standard InChI is InChI=1S/C12H17BrO2/c1-7-5-10(15-4)12(13)9(3)11(7)8(2)6-14/h5,8,14H,6H2,1-4H3. The Balaban J connectivity index is 3.35. The van der Waals surface area contributed by atoms with Crippen LogP contribution in [0, 0.1) is 13.8 Å². The molecule has 3 heteroatoms. The van der Waals surface area contributed by atoms with E-state index in [0.717, 1.165) is 21.3 Å². The van der Waals surface area contributed by atoms with E-state index in [1.54, 1.807) is 7.11 Å². The van der Waals surface area contributed by atoms with Gasteiger partial charge in [-0.1, -0.05) is 6.92 Å². The quantitative estimate of drug-likeness (QED) is 0.916. The van der Waals surface area contributed by atoms with Gasteiger partial charge in [-0.25, -0.2) is 0 Å². The minimum Gasteiger partial charge on any atom is -0.496 e. The molecule has 1 aromatic rings. The number of benzene rings is 1. The molecule has 0 fully saturated rings. The van der Waals surface area contributed by atoms with E-state index in [-0.39, 0.29) is 12.5 Å². The minimum absolute atomic E-state index is 0.159. The summed E-state index contributed by atoms with van der Waals surface area (Å²) >= 11 is 3.52. The lowest BCUT2D eigenvalue weighted by Gasteiger charge is -2.18. The number of halogens is 1. The molecule has 1 rings (SSSR count). The molecule has 0 amide bonds. The van der Waals surface area contributed by atoms with Gasteiger partial charge in [0.2, 0.25) is 0 Å². The van der Waals surface area contributed by atoms with Gasteiger partial charge < -0.3 is 9.84 Å². The van der Waals surface area contributed by atoms with Crippen molar-refractivity contribution in [2.45, 2.75) is 26.7 Å². The predicted molar refractivity (Wildman–Crippen MR) is 65.7 cm³/mol. The van der Waals surface area contributed by atoms with Crippen LogP contribution in [0.4, 0.5) is 0 Å². The zero-order valence-electron chi connectivity index (χ0n) is 9.60. The summed E-state index contributed by atoms with van der Waals surface area (Å²) in [6.45, 7) is 6.28. The smallest absolute Gasteiger partial charge is 0.133 e. The van der Waals surface area contributed by atoms with Gasteiger partial charge in [-0.2, -0.15) is 0 Å². The van der Waals surface area contributed by atoms with Gasteiger partial charge in [-0.3, -0.25) is 0 Å². The molecule has 0 aliphatic rings. The van der Waals surface area contributed by atoms with Gasteiger partial charge in [0, 0.05) is 12.5 Å². The van der Waals surface area contributed by atoms with Crippen LogP contribution in [0.3, 0.4) is 0 Å². The predicted octanol–water partition coefficient (Wildman–Crippen LogP) is 3.17. The van der Waals surface area contributed by atoms with Crippen LogP contribution >= 0.6 is 15.9 Å². The van der Waals surface area contributed by atoms with Gasteiger partial charge in [-0.15, -0.1) is 0 Å². The first-order valence-electron chi connectivity index (χ1n) is 4.97. The molecule has 15 heavy (non-hydrogen) atoms.